The maximum Gasteiger partial charge on any atom is 0.271 e. The molecule has 0 aliphatic heterocycles. The van der Waals surface area contributed by atoms with Crippen molar-refractivity contribution in [1.82, 2.24) is 0 Å². The van der Waals surface area contributed by atoms with Crippen LogP contribution in [-0.2, 0) is 0 Å². The van der Waals surface area contributed by atoms with Gasteiger partial charge < -0.3 is 10.8 Å². The van der Waals surface area contributed by atoms with Crippen LogP contribution in [0.15, 0.2) is 16.6 Å². The molecule has 1 rings (SSSR count). The van der Waals surface area contributed by atoms with Crippen LogP contribution in [0.5, 0.6) is 5.75 Å². The summed E-state index contributed by atoms with van der Waals surface area (Å²) in [5.74, 6) is -0.0325. The second-order valence-corrected chi connectivity index (χ2v) is 3.99. The monoisotopic (exact) mass is 310 g/mol. The molecule has 0 spiro atoms. The molecule has 1 aromatic carbocycles. The van der Waals surface area contributed by atoms with Gasteiger partial charge in [-0.15, -0.1) is 12.4 Å². The fourth-order valence-electron chi connectivity index (χ4n) is 1.21. The van der Waals surface area contributed by atoms with E-state index in [1.807, 2.05) is 6.92 Å². The van der Waals surface area contributed by atoms with Gasteiger partial charge in [-0.05, 0) is 22.4 Å². The molecule has 0 saturated heterocycles. The van der Waals surface area contributed by atoms with Crippen LogP contribution in [0.2, 0.25) is 0 Å². The third-order valence-corrected chi connectivity index (χ3v) is 2.73. The maximum absolute atomic E-state index is 10.6. The Hall–Kier alpha value is -0.850. The molecule has 0 fully saturated rings. The summed E-state index contributed by atoms with van der Waals surface area (Å²) in [4.78, 5) is 10.1. The summed E-state index contributed by atoms with van der Waals surface area (Å²) in [6.07, 6.45) is 0.598. The quantitative estimate of drug-likeness (QED) is 0.663. The Balaban J connectivity index is 0.00000225. The highest BCUT2D eigenvalue weighted by molar-refractivity contribution is 9.10. The zero-order chi connectivity index (χ0) is 11.6. The van der Waals surface area contributed by atoms with Gasteiger partial charge >= 0.3 is 0 Å². The van der Waals surface area contributed by atoms with Crippen molar-refractivity contribution in [3.05, 3.63) is 32.3 Å². The molecule has 16 heavy (non-hydrogen) atoms. The third-order valence-electron chi connectivity index (χ3n) is 2.13. The number of nitrogens with zero attached hydrogens (tertiary/aromatic N) is 1. The lowest BCUT2D eigenvalue weighted by molar-refractivity contribution is -0.385. The van der Waals surface area contributed by atoms with Crippen LogP contribution in [0.3, 0.4) is 0 Å². The number of hydrogen-bond donors (Lipinski definition) is 2. The topological polar surface area (TPSA) is 89.4 Å². The number of halogens is 2. The van der Waals surface area contributed by atoms with Crippen LogP contribution in [0.25, 0.3) is 0 Å². The van der Waals surface area contributed by atoms with Crippen LogP contribution < -0.4 is 5.73 Å². The number of aromatic hydroxyl groups is 1. The Labute approximate surface area is 107 Å². The summed E-state index contributed by atoms with van der Waals surface area (Å²) in [5.41, 5.74) is 6.03. The highest BCUT2D eigenvalue weighted by atomic mass is 79.9. The normalized spacial score (nSPS) is 11.7. The number of phenolic OH excluding ortho intramolecular Hbond substituents is 1. The first kappa shape index (κ1) is 15.2. The SMILES string of the molecule is CC[C@@H](N)c1cc([N+](=O)[O-])cc(Br)c1O.Cl. The van der Waals surface area contributed by atoms with Gasteiger partial charge in [0.25, 0.3) is 5.69 Å². The summed E-state index contributed by atoms with van der Waals surface area (Å²) in [6.45, 7) is 1.84. The molecule has 7 heteroatoms. The molecule has 0 saturated carbocycles. The number of nitro groups is 1. The van der Waals surface area contributed by atoms with E-state index < -0.39 is 11.0 Å². The van der Waals surface area contributed by atoms with Gasteiger partial charge in [-0.3, -0.25) is 10.1 Å². The first-order chi connectivity index (χ1) is 6.97. The van der Waals surface area contributed by atoms with Gasteiger partial charge in [0.1, 0.15) is 5.75 Å². The Morgan fingerprint density at radius 3 is 2.62 bits per heavy atom. The predicted molar refractivity (Wildman–Crippen MR) is 66.9 cm³/mol. The lowest BCUT2D eigenvalue weighted by Gasteiger charge is -2.12. The molecule has 1 aromatic rings. The largest absolute Gasteiger partial charge is 0.506 e. The third kappa shape index (κ3) is 3.07. The number of rotatable bonds is 3. The van der Waals surface area contributed by atoms with Crippen molar-refractivity contribution in [2.75, 3.05) is 0 Å². The molecule has 0 bridgehead atoms. The van der Waals surface area contributed by atoms with Crippen LogP contribution in [-0.4, -0.2) is 10.0 Å². The van der Waals surface area contributed by atoms with E-state index in [1.54, 1.807) is 0 Å². The maximum atomic E-state index is 10.6. The second kappa shape index (κ2) is 6.03. The first-order valence-electron chi connectivity index (χ1n) is 4.39. The lowest BCUT2D eigenvalue weighted by atomic mass is 10.0. The molecular formula is C9H12BrClN2O3. The second-order valence-electron chi connectivity index (χ2n) is 3.14. The highest BCUT2D eigenvalue weighted by Crippen LogP contribution is 2.35. The number of phenols is 1. The van der Waals surface area contributed by atoms with E-state index in [9.17, 15) is 15.2 Å². The van der Waals surface area contributed by atoms with Gasteiger partial charge in [0.15, 0.2) is 0 Å². The van der Waals surface area contributed by atoms with Gasteiger partial charge in [-0.25, -0.2) is 0 Å². The van der Waals surface area contributed by atoms with E-state index in [2.05, 4.69) is 15.9 Å². The van der Waals surface area contributed by atoms with Gasteiger partial charge in [-0.1, -0.05) is 6.92 Å². The zero-order valence-corrected chi connectivity index (χ0v) is 10.9. The smallest absolute Gasteiger partial charge is 0.271 e. The van der Waals surface area contributed by atoms with Crippen LogP contribution >= 0.6 is 28.3 Å². The van der Waals surface area contributed by atoms with E-state index in [-0.39, 0.29) is 28.3 Å². The lowest BCUT2D eigenvalue weighted by Crippen LogP contribution is -2.09. The molecule has 0 aliphatic carbocycles. The number of benzene rings is 1. The molecule has 0 heterocycles. The fraction of sp³-hybridized carbons (Fsp3) is 0.333. The number of nitro benzene ring substituents is 1. The summed E-state index contributed by atoms with van der Waals surface area (Å²) in [5, 5.41) is 20.2. The zero-order valence-electron chi connectivity index (χ0n) is 8.51. The summed E-state index contributed by atoms with van der Waals surface area (Å²) in [7, 11) is 0. The van der Waals surface area contributed by atoms with Crippen molar-refractivity contribution in [2.45, 2.75) is 19.4 Å². The highest BCUT2D eigenvalue weighted by Gasteiger charge is 2.18. The molecule has 0 aromatic heterocycles. The molecule has 1 atom stereocenters. The van der Waals surface area contributed by atoms with E-state index in [4.69, 9.17) is 5.73 Å². The van der Waals surface area contributed by atoms with Crippen LogP contribution in [0, 0.1) is 10.1 Å². The molecule has 0 unspecified atom stereocenters. The number of non-ortho nitro benzene ring substituents is 1. The summed E-state index contributed by atoms with van der Waals surface area (Å²) in [6, 6.07) is 2.15. The minimum atomic E-state index is -0.518. The summed E-state index contributed by atoms with van der Waals surface area (Å²) >= 11 is 3.05. The Kier molecular flexibility index (Phi) is 5.71. The fourth-order valence-corrected chi connectivity index (χ4v) is 1.68. The Morgan fingerprint density at radius 1 is 1.62 bits per heavy atom. The van der Waals surface area contributed by atoms with Crippen molar-refractivity contribution < 1.29 is 10.0 Å². The predicted octanol–water partition coefficient (Wildman–Crippen LogP) is 2.89. The number of nitrogens with two attached hydrogens (primary N) is 1. The van der Waals surface area contributed by atoms with Gasteiger partial charge in [-0.2, -0.15) is 0 Å². The molecule has 0 amide bonds. The molecular weight excluding hydrogens is 299 g/mol. The van der Waals surface area contributed by atoms with Crippen molar-refractivity contribution in [2.24, 2.45) is 5.73 Å². The molecule has 0 radical (unpaired) electrons. The standard InChI is InChI=1S/C9H11BrN2O3.ClH/c1-2-8(11)6-3-5(12(14)15)4-7(10)9(6)13;/h3-4,8,13H,2,11H2,1H3;1H/t8-;/m1./s1. The van der Waals surface area contributed by atoms with Gasteiger partial charge in [0.2, 0.25) is 0 Å². The van der Waals surface area contributed by atoms with Gasteiger partial charge in [0.05, 0.1) is 9.40 Å². The average molecular weight is 312 g/mol. The van der Waals surface area contributed by atoms with E-state index in [0.29, 0.717) is 12.0 Å². The minimum absolute atomic E-state index is 0. The minimum Gasteiger partial charge on any atom is -0.506 e. The summed E-state index contributed by atoms with van der Waals surface area (Å²) < 4.78 is 0.288. The van der Waals surface area contributed by atoms with Crippen molar-refractivity contribution in [3.8, 4) is 5.75 Å². The van der Waals surface area contributed by atoms with Crippen molar-refractivity contribution in [3.63, 3.8) is 0 Å². The Morgan fingerprint density at radius 2 is 2.19 bits per heavy atom. The van der Waals surface area contributed by atoms with E-state index in [0.717, 1.165) is 0 Å². The first-order valence-corrected chi connectivity index (χ1v) is 5.19. The van der Waals surface area contributed by atoms with E-state index >= 15 is 0 Å². The van der Waals surface area contributed by atoms with Gasteiger partial charge in [0, 0.05) is 23.7 Å². The molecule has 3 N–H and O–H groups in total. The van der Waals surface area contributed by atoms with E-state index in [1.165, 1.54) is 12.1 Å². The van der Waals surface area contributed by atoms with Crippen LogP contribution in [0.4, 0.5) is 5.69 Å². The molecule has 0 aliphatic rings. The number of hydrogen-bond acceptors (Lipinski definition) is 4. The molecule has 5 nitrogen and oxygen atoms in total. The van der Waals surface area contributed by atoms with Crippen LogP contribution in [0.1, 0.15) is 24.9 Å². The Bertz CT molecular complexity index is 401. The molecule has 90 valence electrons. The van der Waals surface area contributed by atoms with Crippen molar-refractivity contribution >= 4 is 34.0 Å². The van der Waals surface area contributed by atoms with Crippen molar-refractivity contribution in [1.29, 1.82) is 0 Å². The average Bonchev–Trinajstić information content (AvgIpc) is 2.20.